The molecule has 0 unspecified atom stereocenters. The van der Waals surface area contributed by atoms with Crippen LogP contribution < -0.4 is 5.32 Å². The van der Waals surface area contributed by atoms with Crippen molar-refractivity contribution >= 4 is 5.91 Å². The van der Waals surface area contributed by atoms with Crippen molar-refractivity contribution in [3.8, 4) is 6.07 Å². The van der Waals surface area contributed by atoms with Crippen LogP contribution in [0, 0.1) is 16.7 Å². The first kappa shape index (κ1) is 14.9. The Labute approximate surface area is 97.7 Å². The van der Waals surface area contributed by atoms with Crippen LogP contribution in [0.4, 0.5) is 0 Å². The number of nitriles is 1. The molecule has 92 valence electrons. The minimum absolute atomic E-state index is 0.204. The molecule has 0 fully saturated rings. The summed E-state index contributed by atoms with van der Waals surface area (Å²) in [5.74, 6) is -0.250. The Bertz CT molecular complexity index is 250. The highest BCUT2D eigenvalue weighted by Crippen LogP contribution is 2.29. The standard InChI is InChI=1S/C12H22N2O2/c1-4-6-12(9-13,7-5-2)11(16)14-8-10(3)15/h10,15H,4-8H2,1-3H3,(H,14,16)/t10-/m1/s1. The maximum Gasteiger partial charge on any atom is 0.240 e. The van der Waals surface area contributed by atoms with Gasteiger partial charge in [0, 0.05) is 6.54 Å². The second kappa shape index (κ2) is 7.24. The molecule has 0 saturated carbocycles. The van der Waals surface area contributed by atoms with Crippen LogP contribution in [0.5, 0.6) is 0 Å². The fourth-order valence-corrected chi connectivity index (χ4v) is 1.78. The van der Waals surface area contributed by atoms with E-state index in [-0.39, 0.29) is 12.5 Å². The number of nitrogens with one attached hydrogen (secondary N) is 1. The van der Waals surface area contributed by atoms with Gasteiger partial charge in [0.1, 0.15) is 5.41 Å². The van der Waals surface area contributed by atoms with E-state index in [0.717, 1.165) is 12.8 Å². The van der Waals surface area contributed by atoms with Crippen molar-refractivity contribution in [2.45, 2.75) is 52.6 Å². The molecule has 0 rings (SSSR count). The molecule has 4 nitrogen and oxygen atoms in total. The summed E-state index contributed by atoms with van der Waals surface area (Å²) in [6.45, 7) is 5.73. The molecule has 16 heavy (non-hydrogen) atoms. The van der Waals surface area contributed by atoms with Gasteiger partial charge in [-0.05, 0) is 19.8 Å². The topological polar surface area (TPSA) is 73.1 Å². The van der Waals surface area contributed by atoms with E-state index in [0.29, 0.717) is 12.8 Å². The number of carbonyl (C=O) groups excluding carboxylic acids is 1. The monoisotopic (exact) mass is 226 g/mol. The third kappa shape index (κ3) is 4.19. The van der Waals surface area contributed by atoms with Crippen LogP contribution in [0.2, 0.25) is 0 Å². The van der Waals surface area contributed by atoms with Gasteiger partial charge in [-0.15, -0.1) is 0 Å². The lowest BCUT2D eigenvalue weighted by Gasteiger charge is -2.24. The SMILES string of the molecule is CCCC(C#N)(CCC)C(=O)NC[C@@H](C)O. The Morgan fingerprint density at radius 2 is 1.94 bits per heavy atom. The van der Waals surface area contributed by atoms with Gasteiger partial charge >= 0.3 is 0 Å². The van der Waals surface area contributed by atoms with Crippen molar-refractivity contribution in [1.82, 2.24) is 5.32 Å². The maximum atomic E-state index is 11.9. The molecule has 0 aliphatic heterocycles. The maximum absolute atomic E-state index is 11.9. The summed E-state index contributed by atoms with van der Waals surface area (Å²) in [5.41, 5.74) is -0.918. The van der Waals surface area contributed by atoms with Crippen LogP contribution in [0.15, 0.2) is 0 Å². The number of nitrogens with zero attached hydrogens (tertiary/aromatic N) is 1. The second-order valence-electron chi connectivity index (χ2n) is 4.25. The quantitative estimate of drug-likeness (QED) is 0.692. The van der Waals surface area contributed by atoms with E-state index in [9.17, 15) is 10.1 Å². The second-order valence-corrected chi connectivity index (χ2v) is 4.25. The van der Waals surface area contributed by atoms with Gasteiger partial charge in [0.15, 0.2) is 0 Å². The van der Waals surface area contributed by atoms with Gasteiger partial charge in [-0.1, -0.05) is 26.7 Å². The van der Waals surface area contributed by atoms with E-state index in [1.807, 2.05) is 13.8 Å². The van der Waals surface area contributed by atoms with E-state index in [2.05, 4.69) is 11.4 Å². The predicted octanol–water partition coefficient (Wildman–Crippen LogP) is 1.59. The molecule has 0 bridgehead atoms. The molecule has 0 aromatic carbocycles. The molecule has 0 aliphatic carbocycles. The zero-order valence-corrected chi connectivity index (χ0v) is 10.4. The third-order valence-electron chi connectivity index (χ3n) is 2.56. The zero-order valence-electron chi connectivity index (χ0n) is 10.4. The largest absolute Gasteiger partial charge is 0.392 e. The summed E-state index contributed by atoms with van der Waals surface area (Å²) in [4.78, 5) is 11.9. The minimum atomic E-state index is -0.918. The number of rotatable bonds is 7. The molecule has 0 saturated heterocycles. The van der Waals surface area contributed by atoms with Crippen LogP contribution in [0.25, 0.3) is 0 Å². The smallest absolute Gasteiger partial charge is 0.240 e. The van der Waals surface area contributed by atoms with Gasteiger partial charge < -0.3 is 10.4 Å². The van der Waals surface area contributed by atoms with Crippen LogP contribution in [-0.4, -0.2) is 23.7 Å². The molecule has 1 amide bonds. The summed E-state index contributed by atoms with van der Waals surface area (Å²) in [5, 5.41) is 20.9. The van der Waals surface area contributed by atoms with Gasteiger partial charge in [0.05, 0.1) is 12.2 Å². The summed E-state index contributed by atoms with van der Waals surface area (Å²) in [7, 11) is 0. The van der Waals surface area contributed by atoms with Crippen LogP contribution in [0.1, 0.15) is 46.5 Å². The van der Waals surface area contributed by atoms with Crippen LogP contribution in [-0.2, 0) is 4.79 Å². The summed E-state index contributed by atoms with van der Waals surface area (Å²) in [6.07, 6.45) is 2.17. The Balaban J connectivity index is 4.61. The Morgan fingerprint density at radius 1 is 1.44 bits per heavy atom. The van der Waals surface area contributed by atoms with E-state index in [1.165, 1.54) is 0 Å². The predicted molar refractivity (Wildman–Crippen MR) is 62.6 cm³/mol. The fourth-order valence-electron chi connectivity index (χ4n) is 1.78. The molecular formula is C12H22N2O2. The molecule has 1 atom stereocenters. The van der Waals surface area contributed by atoms with Gasteiger partial charge in [-0.2, -0.15) is 5.26 Å². The zero-order chi connectivity index (χ0) is 12.6. The first-order chi connectivity index (χ1) is 7.52. The van der Waals surface area contributed by atoms with Crippen molar-refractivity contribution in [2.75, 3.05) is 6.54 Å². The normalized spacial score (nSPS) is 12.9. The fraction of sp³-hybridized carbons (Fsp3) is 0.833. The van der Waals surface area contributed by atoms with E-state index < -0.39 is 11.5 Å². The van der Waals surface area contributed by atoms with Crippen molar-refractivity contribution in [2.24, 2.45) is 5.41 Å². The highest BCUT2D eigenvalue weighted by molar-refractivity contribution is 5.85. The number of hydrogen-bond donors (Lipinski definition) is 2. The van der Waals surface area contributed by atoms with Crippen LogP contribution in [0.3, 0.4) is 0 Å². The van der Waals surface area contributed by atoms with E-state index in [4.69, 9.17) is 5.11 Å². The molecule has 0 aliphatic rings. The molecule has 0 heterocycles. The summed E-state index contributed by atoms with van der Waals surface area (Å²) >= 11 is 0. The van der Waals surface area contributed by atoms with Crippen LogP contribution >= 0.6 is 0 Å². The van der Waals surface area contributed by atoms with Gasteiger partial charge in [-0.25, -0.2) is 0 Å². The number of aliphatic hydroxyl groups is 1. The summed E-state index contributed by atoms with van der Waals surface area (Å²) in [6, 6.07) is 2.15. The molecule has 0 spiro atoms. The van der Waals surface area contributed by atoms with Crippen molar-refractivity contribution in [3.63, 3.8) is 0 Å². The number of hydrogen-bond acceptors (Lipinski definition) is 3. The Morgan fingerprint density at radius 3 is 2.25 bits per heavy atom. The van der Waals surface area contributed by atoms with Crippen molar-refractivity contribution < 1.29 is 9.90 Å². The molecule has 0 radical (unpaired) electrons. The molecule has 0 aromatic rings. The van der Waals surface area contributed by atoms with E-state index in [1.54, 1.807) is 6.92 Å². The first-order valence-corrected chi connectivity index (χ1v) is 5.90. The number of amides is 1. The lowest BCUT2D eigenvalue weighted by molar-refractivity contribution is -0.129. The van der Waals surface area contributed by atoms with Gasteiger partial charge in [0.25, 0.3) is 0 Å². The Kier molecular flexibility index (Phi) is 6.75. The van der Waals surface area contributed by atoms with Gasteiger partial charge in [-0.3, -0.25) is 4.79 Å². The highest BCUT2D eigenvalue weighted by Gasteiger charge is 2.36. The lowest BCUT2D eigenvalue weighted by Crippen LogP contribution is -2.42. The lowest BCUT2D eigenvalue weighted by atomic mass is 9.80. The summed E-state index contributed by atoms with van der Waals surface area (Å²) < 4.78 is 0. The third-order valence-corrected chi connectivity index (χ3v) is 2.56. The average Bonchev–Trinajstić information content (AvgIpc) is 2.25. The number of aliphatic hydroxyl groups excluding tert-OH is 1. The highest BCUT2D eigenvalue weighted by atomic mass is 16.3. The van der Waals surface area contributed by atoms with E-state index >= 15 is 0 Å². The van der Waals surface area contributed by atoms with Crippen molar-refractivity contribution in [3.05, 3.63) is 0 Å². The van der Waals surface area contributed by atoms with Crippen molar-refractivity contribution in [1.29, 1.82) is 5.26 Å². The Hall–Kier alpha value is -1.08. The molecule has 2 N–H and O–H groups in total. The molecule has 4 heteroatoms. The van der Waals surface area contributed by atoms with Gasteiger partial charge in [0.2, 0.25) is 5.91 Å². The number of carbonyl (C=O) groups is 1. The minimum Gasteiger partial charge on any atom is -0.392 e. The average molecular weight is 226 g/mol. The molecular weight excluding hydrogens is 204 g/mol. The molecule has 0 aromatic heterocycles. The first-order valence-electron chi connectivity index (χ1n) is 5.90.